The molecule has 1 aromatic heterocycles. The van der Waals surface area contributed by atoms with E-state index in [1.807, 2.05) is 45.0 Å². The zero-order valence-corrected chi connectivity index (χ0v) is 15.7. The molecule has 0 saturated heterocycles. The highest BCUT2D eigenvalue weighted by Crippen LogP contribution is 2.21. The lowest BCUT2D eigenvalue weighted by atomic mass is 10.1. The third-order valence-corrected chi connectivity index (χ3v) is 4.64. The van der Waals surface area contributed by atoms with Crippen molar-refractivity contribution in [1.29, 1.82) is 0 Å². The smallest absolute Gasteiger partial charge is 0.276 e. The van der Waals surface area contributed by atoms with E-state index in [9.17, 15) is 4.79 Å². The summed E-state index contributed by atoms with van der Waals surface area (Å²) >= 11 is 6.01. The van der Waals surface area contributed by atoms with Crippen molar-refractivity contribution in [3.05, 3.63) is 76.1 Å². The predicted octanol–water partition coefficient (Wildman–Crippen LogP) is 4.75. The Kier molecular flexibility index (Phi) is 5.28. The minimum absolute atomic E-state index is 0.206. The monoisotopic (exact) mass is 369 g/mol. The van der Waals surface area contributed by atoms with E-state index in [1.165, 1.54) is 0 Å². The summed E-state index contributed by atoms with van der Waals surface area (Å²) in [5.74, 6) is 0.448. The van der Waals surface area contributed by atoms with E-state index in [-0.39, 0.29) is 12.6 Å². The molecule has 3 aromatic rings. The molecule has 0 aliphatic carbocycles. The van der Waals surface area contributed by atoms with Crippen molar-refractivity contribution in [1.82, 2.24) is 9.78 Å². The third-order valence-electron chi connectivity index (χ3n) is 4.22. The average Bonchev–Trinajstić information content (AvgIpc) is 3.09. The van der Waals surface area contributed by atoms with Crippen LogP contribution in [0.15, 0.2) is 48.7 Å². The quantitative estimate of drug-likeness (QED) is 0.706. The molecule has 0 unspecified atom stereocenters. The minimum atomic E-state index is -0.250. The predicted molar refractivity (Wildman–Crippen MR) is 103 cm³/mol. The van der Waals surface area contributed by atoms with Crippen LogP contribution in [0.2, 0.25) is 5.02 Å². The van der Waals surface area contributed by atoms with Gasteiger partial charge in [0.2, 0.25) is 0 Å². The Morgan fingerprint density at radius 3 is 2.73 bits per heavy atom. The summed E-state index contributed by atoms with van der Waals surface area (Å²) in [5, 5.41) is 7.86. The Bertz CT molecular complexity index is 950. The molecular formula is C20H20ClN3O2. The first kappa shape index (κ1) is 18.0. The van der Waals surface area contributed by atoms with Crippen molar-refractivity contribution >= 4 is 23.2 Å². The molecule has 5 nitrogen and oxygen atoms in total. The van der Waals surface area contributed by atoms with Gasteiger partial charge in [0.1, 0.15) is 5.75 Å². The molecule has 0 radical (unpaired) electrons. The molecule has 0 fully saturated rings. The fraction of sp³-hybridized carbons (Fsp3) is 0.200. The van der Waals surface area contributed by atoms with Crippen LogP contribution in [-0.2, 0) is 6.73 Å². The molecule has 26 heavy (non-hydrogen) atoms. The number of carbonyl (C=O) groups excluding carboxylic acids is 1. The summed E-state index contributed by atoms with van der Waals surface area (Å²) in [6.07, 6.45) is 1.71. The van der Waals surface area contributed by atoms with Crippen LogP contribution in [-0.4, -0.2) is 15.7 Å². The first-order valence-electron chi connectivity index (χ1n) is 8.24. The summed E-state index contributed by atoms with van der Waals surface area (Å²) in [4.78, 5) is 12.4. The molecule has 6 heteroatoms. The first-order chi connectivity index (χ1) is 12.4. The minimum Gasteiger partial charge on any atom is -0.471 e. The van der Waals surface area contributed by atoms with Crippen molar-refractivity contribution in [2.24, 2.45) is 0 Å². The summed E-state index contributed by atoms with van der Waals surface area (Å²) in [6, 6.07) is 12.9. The van der Waals surface area contributed by atoms with Crippen molar-refractivity contribution in [3.63, 3.8) is 0 Å². The zero-order valence-electron chi connectivity index (χ0n) is 14.9. The maximum Gasteiger partial charge on any atom is 0.276 e. The molecule has 0 saturated carbocycles. The van der Waals surface area contributed by atoms with Gasteiger partial charge in [0.05, 0.1) is 0 Å². The lowest BCUT2D eigenvalue weighted by Crippen LogP contribution is -2.15. The molecule has 1 heterocycles. The van der Waals surface area contributed by atoms with Crippen LogP contribution in [0.5, 0.6) is 5.75 Å². The molecule has 134 valence electrons. The maximum absolute atomic E-state index is 12.4. The number of aryl methyl sites for hydroxylation is 2. The fourth-order valence-corrected chi connectivity index (χ4v) is 2.59. The van der Waals surface area contributed by atoms with Crippen LogP contribution < -0.4 is 10.1 Å². The van der Waals surface area contributed by atoms with Gasteiger partial charge in [-0.05, 0) is 67.8 Å². The summed E-state index contributed by atoms with van der Waals surface area (Å²) in [5.41, 5.74) is 4.24. The second-order valence-electron chi connectivity index (χ2n) is 6.13. The number of aromatic nitrogens is 2. The number of hydrogen-bond acceptors (Lipinski definition) is 3. The highest BCUT2D eigenvalue weighted by Gasteiger charge is 2.12. The topological polar surface area (TPSA) is 56.1 Å². The van der Waals surface area contributed by atoms with E-state index in [0.29, 0.717) is 16.5 Å². The maximum atomic E-state index is 12.4. The SMILES string of the molecule is Cc1cc(OCn2ccc(C(=O)Nc3cccc(C)c3C)n2)ccc1Cl. The number of hydrogen-bond donors (Lipinski definition) is 1. The Morgan fingerprint density at radius 1 is 1.15 bits per heavy atom. The Balaban J connectivity index is 1.64. The highest BCUT2D eigenvalue weighted by atomic mass is 35.5. The van der Waals surface area contributed by atoms with E-state index in [0.717, 1.165) is 22.4 Å². The van der Waals surface area contributed by atoms with Gasteiger partial charge in [0.15, 0.2) is 12.4 Å². The summed E-state index contributed by atoms with van der Waals surface area (Å²) < 4.78 is 7.26. The number of carbonyl (C=O) groups is 1. The van der Waals surface area contributed by atoms with Gasteiger partial charge < -0.3 is 10.1 Å². The highest BCUT2D eigenvalue weighted by molar-refractivity contribution is 6.31. The fourth-order valence-electron chi connectivity index (χ4n) is 2.48. The number of rotatable bonds is 5. The van der Waals surface area contributed by atoms with Crippen LogP contribution in [0.4, 0.5) is 5.69 Å². The van der Waals surface area contributed by atoms with Crippen molar-refractivity contribution in [2.75, 3.05) is 5.32 Å². The third kappa shape index (κ3) is 4.06. The van der Waals surface area contributed by atoms with Gasteiger partial charge in [-0.1, -0.05) is 23.7 Å². The molecule has 0 aliphatic heterocycles. The van der Waals surface area contributed by atoms with Crippen LogP contribution in [0.25, 0.3) is 0 Å². The van der Waals surface area contributed by atoms with Crippen LogP contribution in [0, 0.1) is 20.8 Å². The van der Waals surface area contributed by atoms with Crippen molar-refractivity contribution < 1.29 is 9.53 Å². The Hall–Kier alpha value is -2.79. The molecule has 0 bridgehead atoms. The molecule has 0 spiro atoms. The molecule has 1 amide bonds. The van der Waals surface area contributed by atoms with Crippen molar-refractivity contribution in [3.8, 4) is 5.75 Å². The van der Waals surface area contributed by atoms with Crippen LogP contribution >= 0.6 is 11.6 Å². The van der Waals surface area contributed by atoms with E-state index in [4.69, 9.17) is 16.3 Å². The summed E-state index contributed by atoms with van der Waals surface area (Å²) in [6.45, 7) is 6.11. The number of amides is 1. The number of anilines is 1. The molecule has 3 rings (SSSR count). The molecular weight excluding hydrogens is 350 g/mol. The lowest BCUT2D eigenvalue weighted by molar-refractivity contribution is 0.102. The van der Waals surface area contributed by atoms with Gasteiger partial charge in [-0.2, -0.15) is 5.10 Å². The van der Waals surface area contributed by atoms with Gasteiger partial charge >= 0.3 is 0 Å². The van der Waals surface area contributed by atoms with E-state index >= 15 is 0 Å². The van der Waals surface area contributed by atoms with E-state index in [1.54, 1.807) is 29.1 Å². The Labute approximate surface area is 157 Å². The molecule has 1 N–H and O–H groups in total. The number of benzene rings is 2. The molecule has 0 aliphatic rings. The van der Waals surface area contributed by atoms with Gasteiger partial charge in [-0.15, -0.1) is 0 Å². The van der Waals surface area contributed by atoms with Gasteiger partial charge in [0, 0.05) is 16.9 Å². The summed E-state index contributed by atoms with van der Waals surface area (Å²) in [7, 11) is 0. The number of nitrogens with one attached hydrogen (secondary N) is 1. The molecule has 2 aromatic carbocycles. The van der Waals surface area contributed by atoms with E-state index < -0.39 is 0 Å². The van der Waals surface area contributed by atoms with Crippen LogP contribution in [0.3, 0.4) is 0 Å². The van der Waals surface area contributed by atoms with Gasteiger partial charge in [-0.3, -0.25) is 4.79 Å². The first-order valence-corrected chi connectivity index (χ1v) is 8.62. The van der Waals surface area contributed by atoms with E-state index in [2.05, 4.69) is 10.4 Å². The largest absolute Gasteiger partial charge is 0.471 e. The van der Waals surface area contributed by atoms with Gasteiger partial charge in [-0.25, -0.2) is 4.68 Å². The number of halogens is 1. The number of ether oxygens (including phenoxy) is 1. The normalized spacial score (nSPS) is 10.6. The number of nitrogens with zero attached hydrogens (tertiary/aromatic N) is 2. The molecule has 0 atom stereocenters. The second kappa shape index (κ2) is 7.62. The van der Waals surface area contributed by atoms with Gasteiger partial charge in [0.25, 0.3) is 5.91 Å². The average molecular weight is 370 g/mol. The second-order valence-corrected chi connectivity index (χ2v) is 6.53. The zero-order chi connectivity index (χ0) is 18.7. The Morgan fingerprint density at radius 2 is 1.96 bits per heavy atom. The standard InChI is InChI=1S/C20H20ClN3O2/c1-13-5-4-6-18(15(13)3)22-20(25)19-9-10-24(23-19)12-26-16-7-8-17(21)14(2)11-16/h4-11H,12H2,1-3H3,(H,22,25). The lowest BCUT2D eigenvalue weighted by Gasteiger charge is -2.09. The van der Waals surface area contributed by atoms with Crippen LogP contribution in [0.1, 0.15) is 27.2 Å². The van der Waals surface area contributed by atoms with Crippen molar-refractivity contribution in [2.45, 2.75) is 27.5 Å².